The first-order valence-corrected chi connectivity index (χ1v) is 11.0. The van der Waals surface area contributed by atoms with Gasteiger partial charge in [-0.25, -0.2) is 0 Å². The third kappa shape index (κ3) is 4.94. The summed E-state index contributed by atoms with van der Waals surface area (Å²) in [6.07, 6.45) is 2.05. The molecule has 1 aromatic heterocycles. The average molecular weight is 414 g/mol. The van der Waals surface area contributed by atoms with Crippen LogP contribution in [0.2, 0.25) is 0 Å². The molecule has 0 bridgehead atoms. The molecular formula is C20H23N5OS2. The zero-order valence-electron chi connectivity index (χ0n) is 16.4. The summed E-state index contributed by atoms with van der Waals surface area (Å²) in [5.41, 5.74) is 4.39. The monoisotopic (exact) mass is 413 g/mol. The summed E-state index contributed by atoms with van der Waals surface area (Å²) in [6, 6.07) is 14.3. The van der Waals surface area contributed by atoms with Crippen LogP contribution in [0.25, 0.3) is 5.69 Å². The van der Waals surface area contributed by atoms with E-state index >= 15 is 0 Å². The van der Waals surface area contributed by atoms with Gasteiger partial charge in [0.2, 0.25) is 11.1 Å². The minimum atomic E-state index is 0.0357. The highest BCUT2D eigenvalue weighted by atomic mass is 32.2. The summed E-state index contributed by atoms with van der Waals surface area (Å²) < 4.78 is 1.67. The molecule has 0 unspecified atom stereocenters. The van der Waals surface area contributed by atoms with E-state index in [1.807, 2.05) is 31.5 Å². The van der Waals surface area contributed by atoms with Gasteiger partial charge in [-0.2, -0.15) is 4.68 Å². The number of rotatable bonds is 7. The minimum absolute atomic E-state index is 0.0357. The lowest BCUT2D eigenvalue weighted by atomic mass is 10.1. The Morgan fingerprint density at radius 1 is 1.11 bits per heavy atom. The van der Waals surface area contributed by atoms with Crippen LogP contribution >= 0.6 is 23.5 Å². The van der Waals surface area contributed by atoms with Gasteiger partial charge in [-0.1, -0.05) is 30.0 Å². The second-order valence-electron chi connectivity index (χ2n) is 6.53. The van der Waals surface area contributed by atoms with Crippen LogP contribution in [0.5, 0.6) is 0 Å². The quantitative estimate of drug-likeness (QED) is 0.550. The normalized spacial score (nSPS) is 10.9. The Kier molecular flexibility index (Phi) is 6.74. The van der Waals surface area contributed by atoms with E-state index in [0.717, 1.165) is 11.3 Å². The number of benzene rings is 2. The molecule has 0 spiro atoms. The van der Waals surface area contributed by atoms with Crippen molar-refractivity contribution in [1.29, 1.82) is 0 Å². The summed E-state index contributed by atoms with van der Waals surface area (Å²) >= 11 is 3.05. The summed E-state index contributed by atoms with van der Waals surface area (Å²) in [4.78, 5) is 15.5. The predicted octanol–water partition coefficient (Wildman–Crippen LogP) is 3.75. The van der Waals surface area contributed by atoms with Crippen LogP contribution in [-0.4, -0.2) is 50.1 Å². The van der Waals surface area contributed by atoms with E-state index in [1.165, 1.54) is 27.8 Å². The van der Waals surface area contributed by atoms with Crippen LogP contribution in [-0.2, 0) is 11.3 Å². The number of hydrogen-bond acceptors (Lipinski definition) is 6. The van der Waals surface area contributed by atoms with Gasteiger partial charge in [0, 0.05) is 18.5 Å². The van der Waals surface area contributed by atoms with Crippen molar-refractivity contribution < 1.29 is 4.79 Å². The zero-order valence-corrected chi connectivity index (χ0v) is 18.0. The van der Waals surface area contributed by atoms with Gasteiger partial charge in [0.25, 0.3) is 0 Å². The third-order valence-corrected chi connectivity index (χ3v) is 6.15. The maximum atomic E-state index is 12.5. The summed E-state index contributed by atoms with van der Waals surface area (Å²) in [5, 5.41) is 12.5. The first-order valence-electron chi connectivity index (χ1n) is 8.83. The van der Waals surface area contributed by atoms with Crippen LogP contribution < -0.4 is 0 Å². The highest BCUT2D eigenvalue weighted by molar-refractivity contribution is 7.99. The Morgan fingerprint density at radius 3 is 2.54 bits per heavy atom. The maximum Gasteiger partial charge on any atom is 0.233 e. The van der Waals surface area contributed by atoms with E-state index in [1.54, 1.807) is 21.3 Å². The molecule has 28 heavy (non-hydrogen) atoms. The van der Waals surface area contributed by atoms with Crippen molar-refractivity contribution in [2.24, 2.45) is 0 Å². The van der Waals surface area contributed by atoms with E-state index in [0.29, 0.717) is 11.7 Å². The molecule has 3 aromatic rings. The molecule has 3 rings (SSSR count). The molecule has 0 radical (unpaired) electrons. The number of aromatic nitrogens is 4. The standard InChI is InChI=1S/C20H23N5OS2/c1-14-5-8-17(11-15(14)2)25-20(21-22-23-25)28-13-19(26)24(3)12-16-6-9-18(27-4)10-7-16/h5-11H,12-13H2,1-4H3. The fraction of sp³-hybridized carbons (Fsp3) is 0.300. The van der Waals surface area contributed by atoms with E-state index < -0.39 is 0 Å². The van der Waals surface area contributed by atoms with E-state index in [2.05, 4.69) is 53.6 Å². The molecular weight excluding hydrogens is 390 g/mol. The van der Waals surface area contributed by atoms with Crippen molar-refractivity contribution in [2.45, 2.75) is 30.4 Å². The number of carbonyl (C=O) groups excluding carboxylic acids is 1. The van der Waals surface area contributed by atoms with Crippen LogP contribution in [0, 0.1) is 13.8 Å². The Bertz CT molecular complexity index is 955. The van der Waals surface area contributed by atoms with Crippen molar-refractivity contribution in [3.8, 4) is 5.69 Å². The fourth-order valence-electron chi connectivity index (χ4n) is 2.62. The Labute approximate surface area is 173 Å². The average Bonchev–Trinajstić information content (AvgIpc) is 3.17. The molecule has 2 aromatic carbocycles. The third-order valence-electron chi connectivity index (χ3n) is 4.51. The number of carbonyl (C=O) groups is 1. The molecule has 0 aliphatic heterocycles. The molecule has 6 nitrogen and oxygen atoms in total. The smallest absolute Gasteiger partial charge is 0.233 e. The Hall–Kier alpha value is -2.32. The Balaban J connectivity index is 1.61. The van der Waals surface area contributed by atoms with Crippen LogP contribution in [0.15, 0.2) is 52.5 Å². The lowest BCUT2D eigenvalue weighted by Crippen LogP contribution is -2.27. The van der Waals surface area contributed by atoms with Crippen LogP contribution in [0.1, 0.15) is 16.7 Å². The van der Waals surface area contributed by atoms with Crippen molar-refractivity contribution in [1.82, 2.24) is 25.1 Å². The zero-order chi connectivity index (χ0) is 20.1. The van der Waals surface area contributed by atoms with Gasteiger partial charge in [0.15, 0.2) is 0 Å². The lowest BCUT2D eigenvalue weighted by Gasteiger charge is -2.17. The van der Waals surface area contributed by atoms with Crippen molar-refractivity contribution in [3.63, 3.8) is 0 Å². The SMILES string of the molecule is CSc1ccc(CN(C)C(=O)CSc2nnnn2-c2ccc(C)c(C)c2)cc1. The highest BCUT2D eigenvalue weighted by Gasteiger charge is 2.15. The predicted molar refractivity (Wildman–Crippen MR) is 114 cm³/mol. The number of amides is 1. The molecule has 0 N–H and O–H groups in total. The number of nitrogens with zero attached hydrogens (tertiary/aromatic N) is 5. The summed E-state index contributed by atoms with van der Waals surface area (Å²) in [5.74, 6) is 0.318. The minimum Gasteiger partial charge on any atom is -0.341 e. The van der Waals surface area contributed by atoms with Gasteiger partial charge >= 0.3 is 0 Å². The molecule has 0 aliphatic rings. The molecule has 0 aliphatic carbocycles. The second kappa shape index (κ2) is 9.25. The van der Waals surface area contributed by atoms with Gasteiger partial charge in [0.1, 0.15) is 0 Å². The van der Waals surface area contributed by atoms with Gasteiger partial charge in [-0.15, -0.1) is 16.9 Å². The van der Waals surface area contributed by atoms with E-state index in [-0.39, 0.29) is 11.7 Å². The van der Waals surface area contributed by atoms with Gasteiger partial charge in [0.05, 0.1) is 11.4 Å². The van der Waals surface area contributed by atoms with Crippen molar-refractivity contribution in [3.05, 3.63) is 59.2 Å². The van der Waals surface area contributed by atoms with E-state index in [4.69, 9.17) is 0 Å². The van der Waals surface area contributed by atoms with Gasteiger partial charge in [-0.05, 0) is 71.5 Å². The first-order chi connectivity index (χ1) is 13.5. The number of hydrogen-bond donors (Lipinski definition) is 0. The molecule has 0 atom stereocenters. The fourth-order valence-corrected chi connectivity index (χ4v) is 3.86. The molecule has 1 heterocycles. The van der Waals surface area contributed by atoms with Gasteiger partial charge < -0.3 is 4.90 Å². The van der Waals surface area contributed by atoms with Crippen molar-refractivity contribution >= 4 is 29.4 Å². The van der Waals surface area contributed by atoms with E-state index in [9.17, 15) is 4.79 Å². The van der Waals surface area contributed by atoms with Crippen molar-refractivity contribution in [2.75, 3.05) is 19.1 Å². The number of thioether (sulfide) groups is 2. The Morgan fingerprint density at radius 2 is 1.86 bits per heavy atom. The number of aryl methyl sites for hydroxylation is 2. The molecule has 146 valence electrons. The topological polar surface area (TPSA) is 63.9 Å². The highest BCUT2D eigenvalue weighted by Crippen LogP contribution is 2.21. The second-order valence-corrected chi connectivity index (χ2v) is 8.35. The number of tetrazole rings is 1. The largest absolute Gasteiger partial charge is 0.341 e. The van der Waals surface area contributed by atoms with Crippen LogP contribution in [0.3, 0.4) is 0 Å². The van der Waals surface area contributed by atoms with Crippen LogP contribution in [0.4, 0.5) is 0 Å². The summed E-state index contributed by atoms with van der Waals surface area (Å²) in [7, 11) is 1.82. The molecule has 8 heteroatoms. The molecule has 0 fully saturated rings. The maximum absolute atomic E-state index is 12.5. The molecule has 1 amide bonds. The van der Waals surface area contributed by atoms with Gasteiger partial charge in [-0.3, -0.25) is 4.79 Å². The molecule has 0 saturated heterocycles. The summed E-state index contributed by atoms with van der Waals surface area (Å²) in [6.45, 7) is 4.70. The molecule has 0 saturated carbocycles. The first kappa shape index (κ1) is 20.4. The lowest BCUT2D eigenvalue weighted by molar-refractivity contribution is -0.127.